The average molecular weight is 280 g/mol. The first-order chi connectivity index (χ1) is 10.3. The van der Waals surface area contributed by atoms with E-state index in [1.165, 1.54) is 0 Å². The molecule has 0 amide bonds. The third kappa shape index (κ3) is 3.14. The molecule has 104 valence electrons. The van der Waals surface area contributed by atoms with Crippen molar-refractivity contribution >= 4 is 6.29 Å². The van der Waals surface area contributed by atoms with E-state index < -0.39 is 0 Å². The summed E-state index contributed by atoms with van der Waals surface area (Å²) in [7, 11) is 0. The highest BCUT2D eigenvalue weighted by Crippen LogP contribution is 2.18. The van der Waals surface area contributed by atoms with Gasteiger partial charge in [-0.25, -0.2) is 0 Å². The van der Waals surface area contributed by atoms with Gasteiger partial charge in [-0.15, -0.1) is 10.2 Å². The summed E-state index contributed by atoms with van der Waals surface area (Å²) in [4.78, 5) is 10.7. The Kier molecular flexibility index (Phi) is 3.73. The van der Waals surface area contributed by atoms with E-state index in [1.54, 1.807) is 24.3 Å². The second-order valence-corrected chi connectivity index (χ2v) is 4.35. The van der Waals surface area contributed by atoms with Crippen molar-refractivity contribution in [2.24, 2.45) is 0 Å². The fourth-order valence-electron chi connectivity index (χ4n) is 1.83. The Bertz CT molecular complexity index is 738. The van der Waals surface area contributed by atoms with Crippen molar-refractivity contribution in [3.63, 3.8) is 0 Å². The number of ether oxygens (including phenoxy) is 1. The number of benzene rings is 2. The smallest absolute Gasteiger partial charge is 0.254 e. The molecule has 1 heterocycles. The molecule has 0 aliphatic carbocycles. The highest BCUT2D eigenvalue weighted by Gasteiger charge is 2.08. The van der Waals surface area contributed by atoms with Gasteiger partial charge in [0.1, 0.15) is 12.0 Å². The second-order valence-electron chi connectivity index (χ2n) is 4.35. The van der Waals surface area contributed by atoms with E-state index in [1.807, 2.05) is 30.3 Å². The van der Waals surface area contributed by atoms with Crippen LogP contribution in [0.3, 0.4) is 0 Å². The van der Waals surface area contributed by atoms with E-state index in [9.17, 15) is 4.79 Å². The van der Waals surface area contributed by atoms with Crippen LogP contribution in [0.25, 0.3) is 11.5 Å². The molecule has 3 rings (SSSR count). The van der Waals surface area contributed by atoms with Crippen LogP contribution in [-0.4, -0.2) is 16.5 Å². The Hall–Kier alpha value is -2.95. The monoisotopic (exact) mass is 280 g/mol. The number of rotatable bonds is 5. The second kappa shape index (κ2) is 6.00. The normalized spacial score (nSPS) is 10.3. The van der Waals surface area contributed by atoms with E-state index in [0.717, 1.165) is 11.8 Å². The summed E-state index contributed by atoms with van der Waals surface area (Å²) in [6, 6.07) is 16.4. The molecule has 0 atom stereocenters. The first-order valence-corrected chi connectivity index (χ1v) is 6.41. The molecule has 3 aromatic rings. The lowest BCUT2D eigenvalue weighted by atomic mass is 10.2. The van der Waals surface area contributed by atoms with Gasteiger partial charge in [-0.2, -0.15) is 0 Å². The van der Waals surface area contributed by atoms with Gasteiger partial charge in [0, 0.05) is 11.1 Å². The van der Waals surface area contributed by atoms with Gasteiger partial charge in [0.05, 0.1) is 0 Å². The fraction of sp³-hybridized carbons (Fsp3) is 0.0625. The van der Waals surface area contributed by atoms with Gasteiger partial charge in [0.15, 0.2) is 6.61 Å². The molecule has 0 saturated carbocycles. The SMILES string of the molecule is O=Cc1cccc(OCc2nnc(-c3ccccc3)o2)c1. The van der Waals surface area contributed by atoms with Crippen LogP contribution in [0.1, 0.15) is 16.2 Å². The molecule has 1 aromatic heterocycles. The molecular formula is C16H12N2O3. The minimum absolute atomic E-state index is 0.155. The summed E-state index contributed by atoms with van der Waals surface area (Å²) in [5.41, 5.74) is 1.42. The molecule has 0 bridgehead atoms. The number of carbonyl (C=O) groups is 1. The van der Waals surface area contributed by atoms with Crippen molar-refractivity contribution in [3.05, 3.63) is 66.1 Å². The summed E-state index contributed by atoms with van der Waals surface area (Å²) < 4.78 is 11.1. The van der Waals surface area contributed by atoms with E-state index in [-0.39, 0.29) is 6.61 Å². The summed E-state index contributed by atoms with van der Waals surface area (Å²) in [5.74, 6) is 1.42. The predicted molar refractivity (Wildman–Crippen MR) is 75.9 cm³/mol. The molecule has 21 heavy (non-hydrogen) atoms. The van der Waals surface area contributed by atoms with Gasteiger partial charge >= 0.3 is 0 Å². The lowest BCUT2D eigenvalue weighted by molar-refractivity contribution is 0.112. The maximum atomic E-state index is 10.7. The van der Waals surface area contributed by atoms with Crippen LogP contribution in [0.4, 0.5) is 0 Å². The first kappa shape index (κ1) is 13.1. The Morgan fingerprint density at radius 3 is 2.71 bits per heavy atom. The van der Waals surface area contributed by atoms with Gasteiger partial charge < -0.3 is 9.15 Å². The Morgan fingerprint density at radius 1 is 1.05 bits per heavy atom. The number of nitrogens with zero attached hydrogens (tertiary/aromatic N) is 2. The zero-order valence-electron chi connectivity index (χ0n) is 11.1. The van der Waals surface area contributed by atoms with Crippen molar-refractivity contribution in [2.75, 3.05) is 0 Å². The van der Waals surface area contributed by atoms with Gasteiger partial charge in [-0.1, -0.05) is 30.3 Å². The third-order valence-electron chi connectivity index (χ3n) is 2.84. The van der Waals surface area contributed by atoms with E-state index in [4.69, 9.17) is 9.15 Å². The van der Waals surface area contributed by atoms with Crippen LogP contribution >= 0.6 is 0 Å². The topological polar surface area (TPSA) is 65.2 Å². The quantitative estimate of drug-likeness (QED) is 0.672. The minimum Gasteiger partial charge on any atom is -0.484 e. The van der Waals surface area contributed by atoms with Crippen LogP contribution in [-0.2, 0) is 6.61 Å². The number of hydrogen-bond donors (Lipinski definition) is 0. The van der Waals surface area contributed by atoms with Gasteiger partial charge in [0.25, 0.3) is 5.89 Å². The van der Waals surface area contributed by atoms with E-state index in [2.05, 4.69) is 10.2 Å². The number of aromatic nitrogens is 2. The molecule has 0 radical (unpaired) electrons. The van der Waals surface area contributed by atoms with Gasteiger partial charge in [-0.3, -0.25) is 4.79 Å². The molecule has 0 aliphatic heterocycles. The van der Waals surface area contributed by atoms with Crippen LogP contribution in [0.5, 0.6) is 5.75 Å². The Labute approximate surface area is 121 Å². The van der Waals surface area contributed by atoms with Gasteiger partial charge in [-0.05, 0) is 24.3 Å². The number of aldehydes is 1. The molecule has 0 spiro atoms. The van der Waals surface area contributed by atoms with Crippen LogP contribution in [0.2, 0.25) is 0 Å². The predicted octanol–water partition coefficient (Wildman–Crippen LogP) is 3.13. The molecular weight excluding hydrogens is 268 g/mol. The van der Waals surface area contributed by atoms with Crippen molar-refractivity contribution in [3.8, 4) is 17.2 Å². The standard InChI is InChI=1S/C16H12N2O3/c19-10-12-5-4-8-14(9-12)20-11-15-17-18-16(21-15)13-6-2-1-3-7-13/h1-10H,11H2. The Balaban J connectivity index is 1.69. The summed E-state index contributed by atoms with van der Waals surface area (Å²) in [6.07, 6.45) is 0.771. The molecule has 5 nitrogen and oxygen atoms in total. The lowest BCUT2D eigenvalue weighted by Crippen LogP contribution is -1.96. The zero-order valence-corrected chi connectivity index (χ0v) is 11.1. The number of hydrogen-bond acceptors (Lipinski definition) is 5. The highest BCUT2D eigenvalue weighted by molar-refractivity contribution is 5.75. The summed E-state index contributed by atoms with van der Waals surface area (Å²) in [6.45, 7) is 0.155. The average Bonchev–Trinajstić information content (AvgIpc) is 3.03. The largest absolute Gasteiger partial charge is 0.484 e. The number of carbonyl (C=O) groups excluding carboxylic acids is 1. The van der Waals surface area contributed by atoms with Crippen molar-refractivity contribution in [2.45, 2.75) is 6.61 Å². The maximum absolute atomic E-state index is 10.7. The zero-order chi connectivity index (χ0) is 14.5. The first-order valence-electron chi connectivity index (χ1n) is 6.41. The highest BCUT2D eigenvalue weighted by atomic mass is 16.5. The molecule has 0 saturated heterocycles. The maximum Gasteiger partial charge on any atom is 0.254 e. The molecule has 0 fully saturated rings. The fourth-order valence-corrected chi connectivity index (χ4v) is 1.83. The van der Waals surface area contributed by atoms with Crippen LogP contribution < -0.4 is 4.74 Å². The Morgan fingerprint density at radius 2 is 1.90 bits per heavy atom. The van der Waals surface area contributed by atoms with Crippen molar-refractivity contribution < 1.29 is 13.9 Å². The summed E-state index contributed by atoms with van der Waals surface area (Å²) >= 11 is 0. The van der Waals surface area contributed by atoms with Crippen molar-refractivity contribution in [1.29, 1.82) is 0 Å². The third-order valence-corrected chi connectivity index (χ3v) is 2.84. The van der Waals surface area contributed by atoms with Gasteiger partial charge in [0.2, 0.25) is 5.89 Å². The van der Waals surface area contributed by atoms with Crippen LogP contribution in [0, 0.1) is 0 Å². The van der Waals surface area contributed by atoms with E-state index in [0.29, 0.717) is 23.1 Å². The van der Waals surface area contributed by atoms with E-state index >= 15 is 0 Å². The molecule has 0 N–H and O–H groups in total. The molecule has 5 heteroatoms. The molecule has 0 aliphatic rings. The minimum atomic E-state index is 0.155. The summed E-state index contributed by atoms with van der Waals surface area (Å²) in [5, 5.41) is 7.92. The van der Waals surface area contributed by atoms with Crippen molar-refractivity contribution in [1.82, 2.24) is 10.2 Å². The molecule has 0 unspecified atom stereocenters. The molecule has 2 aromatic carbocycles. The lowest BCUT2D eigenvalue weighted by Gasteiger charge is -2.03. The van der Waals surface area contributed by atoms with Crippen LogP contribution in [0.15, 0.2) is 59.0 Å².